The molecule has 1 amide bonds. The zero-order valence-electron chi connectivity index (χ0n) is 14.5. The van der Waals surface area contributed by atoms with Gasteiger partial charge in [-0.25, -0.2) is 0 Å². The first kappa shape index (κ1) is 20.8. The fraction of sp³-hybridized carbons (Fsp3) is 0.316. The quantitative estimate of drug-likeness (QED) is 0.750. The number of benzene rings is 2. The van der Waals surface area contributed by atoms with Crippen molar-refractivity contribution in [2.24, 2.45) is 5.73 Å². The van der Waals surface area contributed by atoms with Gasteiger partial charge in [0.2, 0.25) is 5.91 Å². The predicted octanol–water partition coefficient (Wildman–Crippen LogP) is 3.59. The van der Waals surface area contributed by atoms with Crippen LogP contribution in [-0.4, -0.2) is 26.2 Å². The molecule has 0 spiro atoms. The second kappa shape index (κ2) is 10.6. The van der Waals surface area contributed by atoms with Gasteiger partial charge in [-0.1, -0.05) is 25.1 Å². The van der Waals surface area contributed by atoms with Crippen molar-refractivity contribution < 1.29 is 14.3 Å². The zero-order chi connectivity index (χ0) is 17.4. The number of carbonyl (C=O) groups excluding carboxylic acids is 1. The molecule has 25 heavy (non-hydrogen) atoms. The Balaban J connectivity index is 0.00000312. The average Bonchev–Trinajstić information content (AvgIpc) is 2.61. The molecule has 0 saturated heterocycles. The second-order valence-corrected chi connectivity index (χ2v) is 5.56. The third-order valence-corrected chi connectivity index (χ3v) is 3.69. The normalized spacial score (nSPS) is 11.2. The van der Waals surface area contributed by atoms with Gasteiger partial charge in [0.1, 0.15) is 18.1 Å². The van der Waals surface area contributed by atoms with E-state index >= 15 is 0 Å². The first-order valence-electron chi connectivity index (χ1n) is 7.99. The second-order valence-electron chi connectivity index (χ2n) is 5.56. The molecule has 2 rings (SSSR count). The number of hydrogen-bond acceptors (Lipinski definition) is 4. The molecule has 0 aliphatic rings. The molecule has 5 nitrogen and oxygen atoms in total. The number of nitrogens with two attached hydrogens (primary N) is 1. The number of amides is 1. The van der Waals surface area contributed by atoms with E-state index in [0.717, 1.165) is 22.7 Å². The van der Waals surface area contributed by atoms with Crippen LogP contribution in [0.5, 0.6) is 11.5 Å². The minimum absolute atomic E-state index is 0. The van der Waals surface area contributed by atoms with E-state index in [9.17, 15) is 4.79 Å². The van der Waals surface area contributed by atoms with Gasteiger partial charge in [-0.15, -0.1) is 12.4 Å². The molecule has 0 bridgehead atoms. The highest BCUT2D eigenvalue weighted by Gasteiger charge is 2.15. The number of anilines is 1. The first-order chi connectivity index (χ1) is 11.6. The van der Waals surface area contributed by atoms with Crippen LogP contribution in [0.1, 0.15) is 24.8 Å². The lowest BCUT2D eigenvalue weighted by molar-refractivity contribution is -0.116. The molecule has 136 valence electrons. The van der Waals surface area contributed by atoms with E-state index in [4.69, 9.17) is 15.2 Å². The molecule has 0 aliphatic heterocycles. The van der Waals surface area contributed by atoms with Gasteiger partial charge in [0.15, 0.2) is 0 Å². The SMILES string of the molecule is COc1ccccc1C(C)CC(=O)Nc1ccc(OCCN)cc1.Cl. The van der Waals surface area contributed by atoms with E-state index in [0.29, 0.717) is 19.6 Å². The van der Waals surface area contributed by atoms with E-state index < -0.39 is 0 Å². The lowest BCUT2D eigenvalue weighted by Gasteiger charge is -2.15. The molecule has 0 aromatic heterocycles. The van der Waals surface area contributed by atoms with Gasteiger partial charge >= 0.3 is 0 Å². The molecule has 3 N–H and O–H groups in total. The Hall–Kier alpha value is -2.24. The summed E-state index contributed by atoms with van der Waals surface area (Å²) in [7, 11) is 1.64. The number of rotatable bonds is 8. The number of halogens is 1. The van der Waals surface area contributed by atoms with Crippen molar-refractivity contribution in [2.45, 2.75) is 19.3 Å². The van der Waals surface area contributed by atoms with E-state index in [1.807, 2.05) is 55.5 Å². The molecule has 1 atom stereocenters. The minimum Gasteiger partial charge on any atom is -0.496 e. The van der Waals surface area contributed by atoms with Gasteiger partial charge in [0.25, 0.3) is 0 Å². The van der Waals surface area contributed by atoms with Crippen LogP contribution in [0.15, 0.2) is 48.5 Å². The summed E-state index contributed by atoms with van der Waals surface area (Å²) in [5.74, 6) is 1.57. The zero-order valence-corrected chi connectivity index (χ0v) is 15.3. The molecular formula is C19H25ClN2O3. The number of hydrogen-bond donors (Lipinski definition) is 2. The van der Waals surface area contributed by atoms with E-state index in [-0.39, 0.29) is 24.2 Å². The summed E-state index contributed by atoms with van der Waals surface area (Å²) in [6, 6.07) is 15.0. The van der Waals surface area contributed by atoms with Gasteiger partial charge in [-0.2, -0.15) is 0 Å². The monoisotopic (exact) mass is 364 g/mol. The molecule has 2 aromatic rings. The molecule has 0 fully saturated rings. The van der Waals surface area contributed by atoms with Gasteiger partial charge in [0, 0.05) is 18.7 Å². The smallest absolute Gasteiger partial charge is 0.224 e. The standard InChI is InChI=1S/C19H24N2O3.ClH/c1-14(17-5-3-4-6-18(17)23-2)13-19(22)21-15-7-9-16(10-8-15)24-12-11-20;/h3-10,14H,11-13,20H2,1-2H3,(H,21,22);1H. The van der Waals surface area contributed by atoms with Crippen molar-refractivity contribution in [3.05, 3.63) is 54.1 Å². The summed E-state index contributed by atoms with van der Waals surface area (Å²) >= 11 is 0. The van der Waals surface area contributed by atoms with Gasteiger partial charge in [-0.3, -0.25) is 4.79 Å². The Morgan fingerprint density at radius 3 is 2.48 bits per heavy atom. The van der Waals surface area contributed by atoms with Crippen LogP contribution < -0.4 is 20.5 Å². The van der Waals surface area contributed by atoms with Crippen LogP contribution >= 0.6 is 12.4 Å². The van der Waals surface area contributed by atoms with Crippen LogP contribution in [0.2, 0.25) is 0 Å². The summed E-state index contributed by atoms with van der Waals surface area (Å²) < 4.78 is 10.8. The lowest BCUT2D eigenvalue weighted by atomic mass is 9.96. The van der Waals surface area contributed by atoms with Gasteiger partial charge < -0.3 is 20.5 Å². The number of nitrogens with one attached hydrogen (secondary N) is 1. The van der Waals surface area contributed by atoms with Crippen LogP contribution in [-0.2, 0) is 4.79 Å². The minimum atomic E-state index is -0.0379. The first-order valence-corrected chi connectivity index (χ1v) is 7.99. The van der Waals surface area contributed by atoms with Crippen LogP contribution in [0.3, 0.4) is 0 Å². The summed E-state index contributed by atoms with van der Waals surface area (Å²) in [5, 5.41) is 2.90. The van der Waals surface area contributed by atoms with E-state index in [2.05, 4.69) is 5.32 Å². The fourth-order valence-corrected chi connectivity index (χ4v) is 2.48. The fourth-order valence-electron chi connectivity index (χ4n) is 2.48. The molecule has 1 unspecified atom stereocenters. The van der Waals surface area contributed by atoms with Crippen molar-refractivity contribution in [3.63, 3.8) is 0 Å². The maximum absolute atomic E-state index is 12.3. The summed E-state index contributed by atoms with van der Waals surface area (Å²) in [6.07, 6.45) is 0.381. The molecule has 0 saturated carbocycles. The Morgan fingerprint density at radius 2 is 1.84 bits per heavy atom. The van der Waals surface area contributed by atoms with Crippen molar-refractivity contribution in [3.8, 4) is 11.5 Å². The Labute approximate surface area is 154 Å². The number of carbonyl (C=O) groups is 1. The van der Waals surface area contributed by atoms with Crippen molar-refractivity contribution in [2.75, 3.05) is 25.6 Å². The molecular weight excluding hydrogens is 340 g/mol. The van der Waals surface area contributed by atoms with E-state index in [1.54, 1.807) is 7.11 Å². The molecule has 0 heterocycles. The predicted molar refractivity (Wildman–Crippen MR) is 103 cm³/mol. The summed E-state index contributed by atoms with van der Waals surface area (Å²) in [6.45, 7) is 2.96. The topological polar surface area (TPSA) is 73.6 Å². The highest BCUT2D eigenvalue weighted by Crippen LogP contribution is 2.28. The summed E-state index contributed by atoms with van der Waals surface area (Å²) in [5.41, 5.74) is 7.17. The Kier molecular flexibility index (Phi) is 8.81. The van der Waals surface area contributed by atoms with Gasteiger partial charge in [0.05, 0.1) is 7.11 Å². The highest BCUT2D eigenvalue weighted by atomic mass is 35.5. The number of methoxy groups -OCH3 is 1. The largest absolute Gasteiger partial charge is 0.496 e. The highest BCUT2D eigenvalue weighted by molar-refractivity contribution is 5.91. The lowest BCUT2D eigenvalue weighted by Crippen LogP contribution is -2.15. The Morgan fingerprint density at radius 1 is 1.16 bits per heavy atom. The van der Waals surface area contributed by atoms with Crippen molar-refractivity contribution >= 4 is 24.0 Å². The van der Waals surface area contributed by atoms with Gasteiger partial charge in [-0.05, 0) is 41.8 Å². The third kappa shape index (κ3) is 6.29. The maximum atomic E-state index is 12.3. The number of ether oxygens (including phenoxy) is 2. The Bertz CT molecular complexity index is 662. The van der Waals surface area contributed by atoms with Crippen LogP contribution in [0.4, 0.5) is 5.69 Å². The van der Waals surface area contributed by atoms with Crippen molar-refractivity contribution in [1.82, 2.24) is 0 Å². The van der Waals surface area contributed by atoms with E-state index in [1.165, 1.54) is 0 Å². The molecule has 0 aliphatic carbocycles. The van der Waals surface area contributed by atoms with Crippen LogP contribution in [0.25, 0.3) is 0 Å². The van der Waals surface area contributed by atoms with Crippen molar-refractivity contribution in [1.29, 1.82) is 0 Å². The molecule has 2 aromatic carbocycles. The molecule has 6 heteroatoms. The number of para-hydroxylation sites is 1. The average molecular weight is 365 g/mol. The molecule has 0 radical (unpaired) electrons. The summed E-state index contributed by atoms with van der Waals surface area (Å²) in [4.78, 5) is 12.3. The third-order valence-electron chi connectivity index (χ3n) is 3.69. The maximum Gasteiger partial charge on any atom is 0.224 e. The van der Waals surface area contributed by atoms with Crippen LogP contribution in [0, 0.1) is 0 Å².